The number of benzene rings is 10. The van der Waals surface area contributed by atoms with E-state index >= 15 is 0 Å². The first-order chi connectivity index (χ1) is 33.2. The van der Waals surface area contributed by atoms with E-state index in [-0.39, 0.29) is 0 Å². The molecule has 10 aromatic carbocycles. The molecule has 0 saturated heterocycles. The average molecular weight is 868 g/mol. The maximum atomic E-state index is 4.39. The number of aromatic nitrogens is 3. The van der Waals surface area contributed by atoms with Gasteiger partial charge in [0.2, 0.25) is 0 Å². The van der Waals surface area contributed by atoms with Crippen LogP contribution < -0.4 is 20.7 Å². The predicted octanol–water partition coefficient (Wildman–Crippen LogP) is 13.1. The van der Waals surface area contributed by atoms with Gasteiger partial charge >= 0.3 is 0 Å². The molecule has 0 spiro atoms. The second kappa shape index (κ2) is 14.7. The van der Waals surface area contributed by atoms with Gasteiger partial charge in [-0.15, -0.1) is 0 Å². The van der Waals surface area contributed by atoms with Crippen LogP contribution in [0.3, 0.4) is 0 Å². The summed E-state index contributed by atoms with van der Waals surface area (Å²) in [5.41, 5.74) is 14.5. The maximum Gasteiger partial charge on any atom is 0.180 e. The summed E-state index contributed by atoms with van der Waals surface area (Å²) in [5.74, 6) is 0. The van der Waals surface area contributed by atoms with Crippen molar-refractivity contribution in [1.82, 2.24) is 14.1 Å². The number of hydrogen-bond donors (Lipinski definition) is 0. The molecule has 1 aliphatic heterocycles. The Morgan fingerprint density at radius 3 is 1.75 bits per heavy atom. The molecular weight excluding hydrogens is 827 g/mol. The Labute approximate surface area is 389 Å². The molecule has 14 rings (SSSR count). The van der Waals surface area contributed by atoms with E-state index in [2.05, 4.69) is 245 Å². The number of nitrogens with zero attached hydrogens (tertiary/aromatic N) is 3. The zero-order chi connectivity index (χ0) is 44.1. The molecule has 0 fully saturated rings. The molecule has 0 saturated carbocycles. The molecule has 4 heterocycles. The van der Waals surface area contributed by atoms with Crippen molar-refractivity contribution in [3.8, 4) is 44.8 Å². The molecule has 0 atom stereocenters. The molecule has 3 aromatic heterocycles. The van der Waals surface area contributed by atoms with Crippen molar-refractivity contribution in [1.29, 1.82) is 0 Å². The van der Waals surface area contributed by atoms with Crippen LogP contribution in [0.25, 0.3) is 99.1 Å². The van der Waals surface area contributed by atoms with Gasteiger partial charge in [-0.05, 0) is 120 Å². The standard InChI is InChI=1S/C63H41N3Si/c1-3-18-49(19-4-1)67(50-20-5-2-6-21-50)61-27-12-9-23-53(61)54-32-28-44(40-62(54)67)43-29-34-59-56(39-43)52-22-7-10-25-57(52)65(59)48-31-33-51-45(38-48)30-35-60-63(51)55-24-8-11-26-58(55)66(60)47-17-13-15-42(37-47)46-16-14-36-64-41-46/h1-41H. The minimum atomic E-state index is -2.62. The van der Waals surface area contributed by atoms with Gasteiger partial charge in [-0.2, -0.15) is 0 Å². The van der Waals surface area contributed by atoms with E-state index < -0.39 is 8.07 Å². The zero-order valence-corrected chi connectivity index (χ0v) is 37.5. The van der Waals surface area contributed by atoms with Crippen molar-refractivity contribution >= 4 is 83.2 Å². The highest BCUT2D eigenvalue weighted by molar-refractivity contribution is 7.22. The normalized spacial score (nSPS) is 12.9. The predicted molar refractivity (Wildman–Crippen MR) is 284 cm³/mol. The Balaban J connectivity index is 0.917. The number of fused-ring (bicyclic) bond motifs is 11. The lowest BCUT2D eigenvalue weighted by Gasteiger charge is -2.31. The van der Waals surface area contributed by atoms with Crippen LogP contribution in [0.2, 0.25) is 0 Å². The monoisotopic (exact) mass is 867 g/mol. The maximum absolute atomic E-state index is 4.39. The van der Waals surface area contributed by atoms with E-state index in [0.29, 0.717) is 0 Å². The fourth-order valence-corrected chi connectivity index (χ4v) is 16.8. The van der Waals surface area contributed by atoms with Crippen molar-refractivity contribution in [3.63, 3.8) is 0 Å². The summed E-state index contributed by atoms with van der Waals surface area (Å²) in [7, 11) is -2.62. The van der Waals surface area contributed by atoms with Crippen LogP contribution in [0.5, 0.6) is 0 Å². The molecule has 1 aliphatic rings. The first kappa shape index (κ1) is 37.8. The largest absolute Gasteiger partial charge is 0.309 e. The Morgan fingerprint density at radius 2 is 0.940 bits per heavy atom. The molecule has 13 aromatic rings. The van der Waals surface area contributed by atoms with E-state index in [0.717, 1.165) is 22.5 Å². The number of hydrogen-bond acceptors (Lipinski definition) is 1. The van der Waals surface area contributed by atoms with E-state index in [1.807, 2.05) is 18.5 Å². The topological polar surface area (TPSA) is 22.8 Å². The smallest absolute Gasteiger partial charge is 0.180 e. The van der Waals surface area contributed by atoms with Crippen LogP contribution in [0, 0.1) is 0 Å². The van der Waals surface area contributed by atoms with E-state index in [1.54, 1.807) is 0 Å². The molecule has 0 aliphatic carbocycles. The highest BCUT2D eigenvalue weighted by Crippen LogP contribution is 2.41. The fraction of sp³-hybridized carbons (Fsp3) is 0. The van der Waals surface area contributed by atoms with Gasteiger partial charge in [0, 0.05) is 50.9 Å². The third-order valence-corrected chi connectivity index (χ3v) is 19.3. The van der Waals surface area contributed by atoms with Gasteiger partial charge in [0.15, 0.2) is 8.07 Å². The van der Waals surface area contributed by atoms with Gasteiger partial charge in [-0.3, -0.25) is 4.98 Å². The number of para-hydroxylation sites is 2. The molecule has 67 heavy (non-hydrogen) atoms. The van der Waals surface area contributed by atoms with Gasteiger partial charge in [-0.25, -0.2) is 0 Å². The van der Waals surface area contributed by atoms with Crippen LogP contribution in [0.1, 0.15) is 0 Å². The van der Waals surface area contributed by atoms with Crippen molar-refractivity contribution in [2.45, 2.75) is 0 Å². The van der Waals surface area contributed by atoms with Gasteiger partial charge < -0.3 is 9.13 Å². The summed E-state index contributed by atoms with van der Waals surface area (Å²) >= 11 is 0. The fourth-order valence-electron chi connectivity index (χ4n) is 11.6. The minimum Gasteiger partial charge on any atom is -0.309 e. The number of rotatable bonds is 6. The Bertz CT molecular complexity index is 4050. The lowest BCUT2D eigenvalue weighted by molar-refractivity contribution is 1.18. The zero-order valence-electron chi connectivity index (χ0n) is 36.5. The van der Waals surface area contributed by atoms with Crippen molar-refractivity contribution < 1.29 is 0 Å². The van der Waals surface area contributed by atoms with Crippen molar-refractivity contribution in [2.75, 3.05) is 0 Å². The van der Waals surface area contributed by atoms with Crippen molar-refractivity contribution in [2.24, 2.45) is 0 Å². The third-order valence-electron chi connectivity index (χ3n) is 14.5. The lowest BCUT2D eigenvalue weighted by Crippen LogP contribution is -2.72. The molecule has 4 heteroatoms. The lowest BCUT2D eigenvalue weighted by atomic mass is 9.99. The van der Waals surface area contributed by atoms with Crippen LogP contribution in [0.15, 0.2) is 249 Å². The van der Waals surface area contributed by atoms with E-state index in [4.69, 9.17) is 0 Å². The quantitative estimate of drug-likeness (QED) is 0.153. The molecule has 0 amide bonds. The minimum absolute atomic E-state index is 1.11. The molecule has 312 valence electrons. The Kier molecular flexibility index (Phi) is 8.30. The molecule has 0 N–H and O–H groups in total. The summed E-state index contributed by atoms with van der Waals surface area (Å²) < 4.78 is 4.86. The van der Waals surface area contributed by atoms with Gasteiger partial charge in [0.25, 0.3) is 0 Å². The highest BCUT2D eigenvalue weighted by atomic mass is 28.3. The summed E-state index contributed by atoms with van der Waals surface area (Å²) in [5, 5.41) is 13.2. The molecule has 0 bridgehead atoms. The SMILES string of the molecule is c1ccc([Si]2(c3ccccc3)c3ccccc3-c3ccc(-c4ccc5c(c4)c4ccccc4n5-c4ccc5c(ccc6c5c5ccccc5n6-c5cccc(-c6cccnc6)c5)c4)cc32)cc1. The van der Waals surface area contributed by atoms with Crippen LogP contribution >= 0.6 is 0 Å². The second-order valence-corrected chi connectivity index (χ2v) is 21.6. The third kappa shape index (κ3) is 5.54. The van der Waals surface area contributed by atoms with E-state index in [9.17, 15) is 0 Å². The van der Waals surface area contributed by atoms with Gasteiger partial charge in [0.1, 0.15) is 0 Å². The molecule has 0 radical (unpaired) electrons. The Morgan fingerprint density at radius 1 is 0.328 bits per heavy atom. The average Bonchev–Trinajstić information content (AvgIpc) is 4.03. The summed E-state index contributed by atoms with van der Waals surface area (Å²) in [6.45, 7) is 0. The second-order valence-electron chi connectivity index (χ2n) is 17.9. The molecular formula is C63H41N3Si. The van der Waals surface area contributed by atoms with Crippen LogP contribution in [-0.2, 0) is 0 Å². The first-order valence-electron chi connectivity index (χ1n) is 23.1. The van der Waals surface area contributed by atoms with Gasteiger partial charge in [-0.1, -0.05) is 176 Å². The number of pyridine rings is 1. The first-order valence-corrected chi connectivity index (χ1v) is 25.1. The summed E-state index contributed by atoms with van der Waals surface area (Å²) in [6.07, 6.45) is 3.76. The van der Waals surface area contributed by atoms with Crippen LogP contribution in [-0.4, -0.2) is 22.2 Å². The van der Waals surface area contributed by atoms with E-state index in [1.165, 1.54) is 97.4 Å². The highest BCUT2D eigenvalue weighted by Gasteiger charge is 2.48. The van der Waals surface area contributed by atoms with Crippen molar-refractivity contribution in [3.05, 3.63) is 249 Å². The summed E-state index contributed by atoms with van der Waals surface area (Å²) in [4.78, 5) is 4.39. The summed E-state index contributed by atoms with van der Waals surface area (Å²) in [6, 6.07) is 88.3. The van der Waals surface area contributed by atoms with Gasteiger partial charge in [0.05, 0.1) is 22.1 Å². The molecule has 0 unspecified atom stereocenters. The van der Waals surface area contributed by atoms with Crippen LogP contribution in [0.4, 0.5) is 0 Å². The molecule has 3 nitrogen and oxygen atoms in total. The Hall–Kier alpha value is -8.57.